The Hall–Kier alpha value is -1.86. The lowest BCUT2D eigenvalue weighted by Gasteiger charge is -2.20. The summed E-state index contributed by atoms with van der Waals surface area (Å²) >= 11 is 0. The van der Waals surface area contributed by atoms with Gasteiger partial charge in [0.2, 0.25) is 0 Å². The van der Waals surface area contributed by atoms with Crippen LogP contribution < -0.4 is 0 Å². The van der Waals surface area contributed by atoms with Gasteiger partial charge in [-0.25, -0.2) is 0 Å². The summed E-state index contributed by atoms with van der Waals surface area (Å²) < 4.78 is 0. The molecule has 0 unspecified atom stereocenters. The summed E-state index contributed by atoms with van der Waals surface area (Å²) in [7, 11) is 0. The topological polar surface area (TPSA) is 20.2 Å². The van der Waals surface area contributed by atoms with E-state index in [1.54, 1.807) is 0 Å². The van der Waals surface area contributed by atoms with Crippen LogP contribution in [-0.4, -0.2) is 10.7 Å². The van der Waals surface area contributed by atoms with Gasteiger partial charge in [0.05, 0.1) is 5.60 Å². The average molecular weight is 252 g/mol. The molecule has 0 aliphatic carbocycles. The Balaban J connectivity index is 2.38. The molecule has 0 heterocycles. The maximum absolute atomic E-state index is 10.0. The first-order valence-electron chi connectivity index (χ1n) is 6.52. The van der Waals surface area contributed by atoms with Crippen molar-refractivity contribution in [2.75, 3.05) is 0 Å². The number of aliphatic hydroxyl groups is 1. The molecule has 0 aliphatic heterocycles. The van der Waals surface area contributed by atoms with Crippen molar-refractivity contribution < 1.29 is 5.11 Å². The molecule has 0 fully saturated rings. The molecule has 98 valence electrons. The SMILES string of the molecule is C=C(c1ccccc1)c1ccccc1CC(C)(C)O. The fraction of sp³-hybridized carbons (Fsp3) is 0.222. The maximum Gasteiger partial charge on any atom is 0.0632 e. The second kappa shape index (κ2) is 5.41. The molecule has 1 N–H and O–H groups in total. The van der Waals surface area contributed by atoms with Gasteiger partial charge in [-0.3, -0.25) is 0 Å². The predicted octanol–water partition coefficient (Wildman–Crippen LogP) is 4.06. The Bertz CT molecular complexity index is 562. The normalized spacial score (nSPS) is 11.3. The molecule has 2 aromatic carbocycles. The van der Waals surface area contributed by atoms with Crippen LogP contribution in [-0.2, 0) is 6.42 Å². The predicted molar refractivity (Wildman–Crippen MR) is 81.0 cm³/mol. The Kier molecular flexibility index (Phi) is 3.87. The Labute approximate surface area is 115 Å². The molecule has 0 bridgehead atoms. The van der Waals surface area contributed by atoms with Gasteiger partial charge in [-0.15, -0.1) is 0 Å². The monoisotopic (exact) mass is 252 g/mol. The summed E-state index contributed by atoms with van der Waals surface area (Å²) in [5, 5.41) is 10.0. The van der Waals surface area contributed by atoms with Gasteiger partial charge in [0.15, 0.2) is 0 Å². The number of rotatable bonds is 4. The van der Waals surface area contributed by atoms with Crippen LogP contribution in [0, 0.1) is 0 Å². The number of hydrogen-bond acceptors (Lipinski definition) is 1. The van der Waals surface area contributed by atoms with E-state index in [0.29, 0.717) is 6.42 Å². The molecular formula is C18H20O. The van der Waals surface area contributed by atoms with Crippen LogP contribution in [0.1, 0.15) is 30.5 Å². The summed E-state index contributed by atoms with van der Waals surface area (Å²) in [6, 6.07) is 18.3. The van der Waals surface area contributed by atoms with E-state index in [9.17, 15) is 5.11 Å². The molecule has 1 nitrogen and oxygen atoms in total. The summed E-state index contributed by atoms with van der Waals surface area (Å²) in [6.45, 7) is 7.86. The minimum Gasteiger partial charge on any atom is -0.390 e. The quantitative estimate of drug-likeness (QED) is 0.870. The lowest BCUT2D eigenvalue weighted by atomic mass is 9.89. The Morgan fingerprint density at radius 3 is 2.21 bits per heavy atom. The van der Waals surface area contributed by atoms with Gasteiger partial charge < -0.3 is 5.11 Å². The standard InChI is InChI=1S/C18H20O/c1-14(15-9-5-4-6-10-15)17-12-8-7-11-16(17)13-18(2,3)19/h4-12,19H,1,13H2,2-3H3. The lowest BCUT2D eigenvalue weighted by molar-refractivity contribution is 0.0809. The molecule has 0 saturated carbocycles. The maximum atomic E-state index is 10.0. The van der Waals surface area contributed by atoms with Gasteiger partial charge in [-0.2, -0.15) is 0 Å². The summed E-state index contributed by atoms with van der Waals surface area (Å²) in [6.07, 6.45) is 0.620. The second-order valence-electron chi connectivity index (χ2n) is 5.49. The minimum atomic E-state index is -0.715. The highest BCUT2D eigenvalue weighted by Crippen LogP contribution is 2.26. The van der Waals surface area contributed by atoms with Crippen LogP contribution in [0.5, 0.6) is 0 Å². The van der Waals surface area contributed by atoms with Crippen LogP contribution in [0.3, 0.4) is 0 Å². The van der Waals surface area contributed by atoms with Crippen molar-refractivity contribution in [1.82, 2.24) is 0 Å². The molecule has 0 saturated heterocycles. The molecule has 1 heteroatoms. The van der Waals surface area contributed by atoms with E-state index in [1.807, 2.05) is 44.2 Å². The molecule has 0 amide bonds. The second-order valence-corrected chi connectivity index (χ2v) is 5.49. The smallest absolute Gasteiger partial charge is 0.0632 e. The fourth-order valence-electron chi connectivity index (χ4n) is 2.23. The number of benzene rings is 2. The summed E-state index contributed by atoms with van der Waals surface area (Å²) in [5.74, 6) is 0. The van der Waals surface area contributed by atoms with E-state index < -0.39 is 5.60 Å². The van der Waals surface area contributed by atoms with Crippen LogP contribution >= 0.6 is 0 Å². The van der Waals surface area contributed by atoms with Crippen molar-refractivity contribution in [3.8, 4) is 0 Å². The van der Waals surface area contributed by atoms with Crippen molar-refractivity contribution in [2.24, 2.45) is 0 Å². The van der Waals surface area contributed by atoms with E-state index >= 15 is 0 Å². The van der Waals surface area contributed by atoms with Gasteiger partial charge >= 0.3 is 0 Å². The highest BCUT2D eigenvalue weighted by Gasteiger charge is 2.16. The van der Waals surface area contributed by atoms with E-state index in [4.69, 9.17) is 0 Å². The van der Waals surface area contributed by atoms with Crippen molar-refractivity contribution in [2.45, 2.75) is 25.9 Å². The van der Waals surface area contributed by atoms with Gasteiger partial charge in [0.25, 0.3) is 0 Å². The third-order valence-electron chi connectivity index (χ3n) is 3.09. The lowest BCUT2D eigenvalue weighted by Crippen LogP contribution is -2.22. The Morgan fingerprint density at radius 1 is 1.00 bits per heavy atom. The molecular weight excluding hydrogens is 232 g/mol. The summed E-state index contributed by atoms with van der Waals surface area (Å²) in [4.78, 5) is 0. The zero-order valence-corrected chi connectivity index (χ0v) is 11.6. The number of hydrogen-bond donors (Lipinski definition) is 1. The molecule has 2 rings (SSSR count). The van der Waals surface area contributed by atoms with Gasteiger partial charge in [0.1, 0.15) is 0 Å². The van der Waals surface area contributed by atoms with Crippen molar-refractivity contribution >= 4 is 5.57 Å². The summed E-state index contributed by atoms with van der Waals surface area (Å²) in [5.41, 5.74) is 3.64. The molecule has 0 atom stereocenters. The van der Waals surface area contributed by atoms with Crippen LogP contribution in [0.25, 0.3) is 5.57 Å². The fourth-order valence-corrected chi connectivity index (χ4v) is 2.23. The highest BCUT2D eigenvalue weighted by atomic mass is 16.3. The first-order valence-corrected chi connectivity index (χ1v) is 6.52. The molecule has 19 heavy (non-hydrogen) atoms. The first-order chi connectivity index (χ1) is 8.97. The van der Waals surface area contributed by atoms with E-state index in [1.165, 1.54) is 0 Å². The van der Waals surface area contributed by atoms with Gasteiger partial charge in [-0.1, -0.05) is 61.2 Å². The van der Waals surface area contributed by atoms with E-state index in [0.717, 1.165) is 22.3 Å². The third-order valence-corrected chi connectivity index (χ3v) is 3.09. The van der Waals surface area contributed by atoms with Crippen LogP contribution in [0.4, 0.5) is 0 Å². The van der Waals surface area contributed by atoms with Crippen LogP contribution in [0.15, 0.2) is 61.2 Å². The van der Waals surface area contributed by atoms with Crippen molar-refractivity contribution in [1.29, 1.82) is 0 Å². The molecule has 0 radical (unpaired) electrons. The minimum absolute atomic E-state index is 0.620. The molecule has 0 aromatic heterocycles. The van der Waals surface area contributed by atoms with Gasteiger partial charge in [-0.05, 0) is 36.1 Å². The molecule has 0 aliphatic rings. The van der Waals surface area contributed by atoms with Crippen molar-refractivity contribution in [3.05, 3.63) is 77.9 Å². The highest BCUT2D eigenvalue weighted by molar-refractivity contribution is 5.79. The average Bonchev–Trinajstić information content (AvgIpc) is 2.38. The largest absolute Gasteiger partial charge is 0.390 e. The zero-order chi connectivity index (χ0) is 13.9. The van der Waals surface area contributed by atoms with E-state index in [-0.39, 0.29) is 0 Å². The third kappa shape index (κ3) is 3.55. The zero-order valence-electron chi connectivity index (χ0n) is 11.6. The Morgan fingerprint density at radius 2 is 1.58 bits per heavy atom. The molecule has 2 aromatic rings. The first kappa shape index (κ1) is 13.6. The van der Waals surface area contributed by atoms with Gasteiger partial charge in [0, 0.05) is 6.42 Å². The van der Waals surface area contributed by atoms with Crippen molar-refractivity contribution in [3.63, 3.8) is 0 Å². The molecule has 0 spiro atoms. The van der Waals surface area contributed by atoms with E-state index in [2.05, 4.69) is 30.8 Å². The van der Waals surface area contributed by atoms with Crippen LogP contribution in [0.2, 0.25) is 0 Å².